The van der Waals surface area contributed by atoms with Gasteiger partial charge < -0.3 is 10.2 Å². The summed E-state index contributed by atoms with van der Waals surface area (Å²) < 4.78 is 39.9. The number of hydrogen-bond donors (Lipinski definition) is 1. The number of carbonyl (C=O) groups excluding carboxylic acids is 2. The first-order valence-electron chi connectivity index (χ1n) is 9.23. The highest BCUT2D eigenvalue weighted by Crippen LogP contribution is 2.35. The van der Waals surface area contributed by atoms with Crippen LogP contribution in [0.4, 0.5) is 10.1 Å². The molecule has 2 amide bonds. The normalized spacial score (nSPS) is 24.1. The molecular formula is C18H22FN3O4S. The molecule has 1 aromatic carbocycles. The third-order valence-corrected chi connectivity index (χ3v) is 7.82. The van der Waals surface area contributed by atoms with Crippen LogP contribution in [0.5, 0.6) is 0 Å². The Kier molecular flexibility index (Phi) is 4.67. The van der Waals surface area contributed by atoms with Crippen molar-refractivity contribution in [3.8, 4) is 0 Å². The molecule has 1 atom stereocenters. The molecule has 9 heteroatoms. The van der Waals surface area contributed by atoms with Gasteiger partial charge >= 0.3 is 0 Å². The number of sulfonamides is 1. The average molecular weight is 395 g/mol. The summed E-state index contributed by atoms with van der Waals surface area (Å²) in [6.45, 7) is 1.44. The summed E-state index contributed by atoms with van der Waals surface area (Å²) in [5.74, 6) is -1.67. The molecule has 0 bridgehead atoms. The van der Waals surface area contributed by atoms with E-state index >= 15 is 0 Å². The van der Waals surface area contributed by atoms with Crippen molar-refractivity contribution in [2.24, 2.45) is 0 Å². The molecule has 2 aliphatic heterocycles. The van der Waals surface area contributed by atoms with Gasteiger partial charge in [-0.05, 0) is 37.0 Å². The number of carbonyl (C=O) groups is 2. The molecule has 1 unspecified atom stereocenters. The number of amides is 2. The van der Waals surface area contributed by atoms with E-state index < -0.39 is 21.8 Å². The number of rotatable bonds is 3. The van der Waals surface area contributed by atoms with E-state index in [1.807, 2.05) is 0 Å². The van der Waals surface area contributed by atoms with Crippen LogP contribution in [0, 0.1) is 5.82 Å². The first kappa shape index (κ1) is 18.4. The fraction of sp³-hybridized carbons (Fsp3) is 0.556. The van der Waals surface area contributed by atoms with Crippen LogP contribution < -0.4 is 5.32 Å². The lowest BCUT2D eigenvalue weighted by molar-refractivity contribution is -0.134. The zero-order valence-corrected chi connectivity index (χ0v) is 15.7. The second kappa shape index (κ2) is 6.87. The van der Waals surface area contributed by atoms with Crippen LogP contribution in [0.25, 0.3) is 0 Å². The van der Waals surface area contributed by atoms with Crippen molar-refractivity contribution in [3.05, 3.63) is 29.6 Å². The Hall–Kier alpha value is -2.00. The highest BCUT2D eigenvalue weighted by Gasteiger charge is 2.41. The molecule has 1 aliphatic carbocycles. The minimum absolute atomic E-state index is 0.0120. The molecule has 0 aromatic heterocycles. The van der Waals surface area contributed by atoms with Gasteiger partial charge in [0.05, 0.1) is 11.2 Å². The maximum Gasteiger partial charge on any atom is 0.230 e. The maximum atomic E-state index is 13.5. The molecule has 1 aromatic rings. The number of nitrogens with one attached hydrogen (secondary N) is 1. The van der Waals surface area contributed by atoms with Crippen molar-refractivity contribution in [1.82, 2.24) is 9.21 Å². The number of fused-ring (bicyclic) bond motifs is 1. The Morgan fingerprint density at radius 2 is 1.93 bits per heavy atom. The Bertz CT molecular complexity index is 885. The first-order chi connectivity index (χ1) is 12.9. The quantitative estimate of drug-likeness (QED) is 0.835. The second-order valence-corrected chi connectivity index (χ2v) is 9.57. The fourth-order valence-corrected chi connectivity index (χ4v) is 5.70. The predicted molar refractivity (Wildman–Crippen MR) is 97.1 cm³/mol. The number of anilines is 1. The van der Waals surface area contributed by atoms with Crippen LogP contribution in [-0.2, 0) is 19.6 Å². The third kappa shape index (κ3) is 3.58. The number of nitrogens with zero attached hydrogens (tertiary/aromatic N) is 2. The summed E-state index contributed by atoms with van der Waals surface area (Å²) in [5.41, 5.74) is 0.935. The van der Waals surface area contributed by atoms with Gasteiger partial charge in [-0.1, -0.05) is 6.07 Å². The smallest absolute Gasteiger partial charge is 0.230 e. The average Bonchev–Trinajstić information content (AvgIpc) is 3.46. The van der Waals surface area contributed by atoms with E-state index in [0.29, 0.717) is 50.1 Å². The van der Waals surface area contributed by atoms with E-state index in [4.69, 9.17) is 0 Å². The number of halogens is 1. The lowest BCUT2D eigenvalue weighted by Crippen LogP contribution is -2.41. The summed E-state index contributed by atoms with van der Waals surface area (Å²) in [4.78, 5) is 26.7. The molecule has 1 N–H and O–H groups in total. The van der Waals surface area contributed by atoms with Crippen LogP contribution in [0.15, 0.2) is 18.2 Å². The maximum absolute atomic E-state index is 13.5. The van der Waals surface area contributed by atoms with Crippen molar-refractivity contribution < 1.29 is 22.4 Å². The Morgan fingerprint density at radius 1 is 1.15 bits per heavy atom. The van der Waals surface area contributed by atoms with Crippen molar-refractivity contribution in [3.63, 3.8) is 0 Å². The van der Waals surface area contributed by atoms with Gasteiger partial charge in [-0.3, -0.25) is 9.59 Å². The number of benzene rings is 1. The zero-order chi connectivity index (χ0) is 19.2. The van der Waals surface area contributed by atoms with Crippen LogP contribution in [-0.4, -0.2) is 60.9 Å². The molecular weight excluding hydrogens is 373 g/mol. The fourth-order valence-electron chi connectivity index (χ4n) is 3.82. The van der Waals surface area contributed by atoms with E-state index in [9.17, 15) is 22.4 Å². The zero-order valence-electron chi connectivity index (χ0n) is 14.9. The third-order valence-electron chi connectivity index (χ3n) is 5.42. The largest absolute Gasteiger partial charge is 0.341 e. The van der Waals surface area contributed by atoms with E-state index in [-0.39, 0.29) is 30.0 Å². The van der Waals surface area contributed by atoms with E-state index in [1.165, 1.54) is 22.5 Å². The second-order valence-electron chi connectivity index (χ2n) is 7.36. The van der Waals surface area contributed by atoms with Gasteiger partial charge in [0.2, 0.25) is 21.8 Å². The minimum Gasteiger partial charge on any atom is -0.341 e. The van der Waals surface area contributed by atoms with Gasteiger partial charge in [0.15, 0.2) is 0 Å². The summed E-state index contributed by atoms with van der Waals surface area (Å²) in [6.07, 6.45) is 2.00. The molecule has 1 saturated heterocycles. The van der Waals surface area contributed by atoms with Crippen LogP contribution in [0.3, 0.4) is 0 Å². The Morgan fingerprint density at radius 3 is 2.67 bits per heavy atom. The van der Waals surface area contributed by atoms with Crippen molar-refractivity contribution in [2.75, 3.05) is 31.5 Å². The molecule has 0 radical (unpaired) electrons. The van der Waals surface area contributed by atoms with E-state index in [1.54, 1.807) is 4.90 Å². The van der Waals surface area contributed by atoms with Crippen LogP contribution in [0.1, 0.15) is 37.2 Å². The van der Waals surface area contributed by atoms with Crippen molar-refractivity contribution >= 4 is 27.5 Å². The molecule has 7 nitrogen and oxygen atoms in total. The van der Waals surface area contributed by atoms with E-state index in [2.05, 4.69) is 5.32 Å². The molecule has 27 heavy (non-hydrogen) atoms. The molecule has 2 fully saturated rings. The standard InChI is InChI=1S/C18H22FN3O4S/c19-12-2-5-14-15(11-17(23)20-16(14)10-12)18(24)21-6-1-7-22(9-8-21)27(25,26)13-3-4-13/h2,5,10,13,15H,1,3-4,6-9,11H2,(H,20,23). The monoisotopic (exact) mass is 395 g/mol. The summed E-state index contributed by atoms with van der Waals surface area (Å²) in [6, 6.07) is 4.04. The van der Waals surface area contributed by atoms with Gasteiger partial charge in [-0.2, -0.15) is 4.31 Å². The molecule has 3 aliphatic rings. The topological polar surface area (TPSA) is 86.8 Å². The lowest BCUT2D eigenvalue weighted by atomic mass is 9.89. The minimum atomic E-state index is -3.26. The molecule has 2 heterocycles. The van der Waals surface area contributed by atoms with Crippen molar-refractivity contribution in [2.45, 2.75) is 36.9 Å². The van der Waals surface area contributed by atoms with Gasteiger partial charge in [0, 0.05) is 38.3 Å². The van der Waals surface area contributed by atoms with Gasteiger partial charge in [0.1, 0.15) is 5.82 Å². The van der Waals surface area contributed by atoms with E-state index in [0.717, 1.165) is 0 Å². The van der Waals surface area contributed by atoms with Crippen LogP contribution in [0.2, 0.25) is 0 Å². The Balaban J connectivity index is 1.51. The predicted octanol–water partition coefficient (Wildman–Crippen LogP) is 1.28. The molecule has 0 spiro atoms. The van der Waals surface area contributed by atoms with Crippen molar-refractivity contribution in [1.29, 1.82) is 0 Å². The summed E-state index contributed by atoms with van der Waals surface area (Å²) >= 11 is 0. The van der Waals surface area contributed by atoms with Gasteiger partial charge in [-0.25, -0.2) is 12.8 Å². The Labute approximate surface area is 157 Å². The van der Waals surface area contributed by atoms with Gasteiger partial charge in [0.25, 0.3) is 0 Å². The van der Waals surface area contributed by atoms with Gasteiger partial charge in [-0.15, -0.1) is 0 Å². The molecule has 4 rings (SSSR count). The lowest BCUT2D eigenvalue weighted by Gasteiger charge is -2.30. The highest BCUT2D eigenvalue weighted by molar-refractivity contribution is 7.90. The molecule has 146 valence electrons. The number of hydrogen-bond acceptors (Lipinski definition) is 4. The summed E-state index contributed by atoms with van der Waals surface area (Å²) in [5, 5.41) is 2.35. The first-order valence-corrected chi connectivity index (χ1v) is 10.7. The highest BCUT2D eigenvalue weighted by atomic mass is 32.2. The SMILES string of the molecule is O=C1CC(C(=O)N2CCCN(S(=O)(=O)C3CC3)CC2)c2ccc(F)cc2N1. The van der Waals surface area contributed by atoms with Crippen LogP contribution >= 0.6 is 0 Å². The molecule has 1 saturated carbocycles. The summed E-state index contributed by atoms with van der Waals surface area (Å²) in [7, 11) is -3.26.